The summed E-state index contributed by atoms with van der Waals surface area (Å²) in [5.41, 5.74) is -0.468. The summed E-state index contributed by atoms with van der Waals surface area (Å²) >= 11 is 0. The molecule has 8 heteroatoms. The average Bonchev–Trinajstić information content (AvgIpc) is 2.38. The van der Waals surface area contributed by atoms with E-state index in [-0.39, 0.29) is 6.61 Å². The van der Waals surface area contributed by atoms with Crippen LogP contribution in [0.3, 0.4) is 0 Å². The number of aliphatic carboxylic acids is 1. The Morgan fingerprint density at radius 3 is 2.35 bits per heavy atom. The van der Waals surface area contributed by atoms with Crippen LogP contribution < -0.4 is 5.32 Å². The number of hydrogen-bond acceptors (Lipinski definition) is 3. The van der Waals surface area contributed by atoms with Gasteiger partial charge in [-0.15, -0.1) is 0 Å². The summed E-state index contributed by atoms with van der Waals surface area (Å²) in [6.45, 7) is 3.10. The van der Waals surface area contributed by atoms with E-state index in [0.717, 1.165) is 0 Å². The van der Waals surface area contributed by atoms with Gasteiger partial charge in [0.05, 0.1) is 0 Å². The average molecular weight is 289 g/mol. The van der Waals surface area contributed by atoms with Crippen LogP contribution in [-0.2, 0) is 9.53 Å². The van der Waals surface area contributed by atoms with Gasteiger partial charge in [-0.1, -0.05) is 12.7 Å². The smallest absolute Gasteiger partial charge is 0.408 e. The van der Waals surface area contributed by atoms with E-state index in [9.17, 15) is 22.8 Å². The molecule has 0 aliphatic carbocycles. The van der Waals surface area contributed by atoms with Crippen molar-refractivity contribution in [3.8, 4) is 0 Å². The van der Waals surface area contributed by atoms with E-state index in [1.165, 1.54) is 6.08 Å². The number of rotatable bonds is 5. The fraction of sp³-hybridized carbons (Fsp3) is 0.167. The van der Waals surface area contributed by atoms with E-state index in [0.29, 0.717) is 12.1 Å². The molecule has 0 aliphatic rings. The van der Waals surface area contributed by atoms with Crippen molar-refractivity contribution in [3.63, 3.8) is 0 Å². The van der Waals surface area contributed by atoms with E-state index >= 15 is 0 Å². The lowest BCUT2D eigenvalue weighted by Crippen LogP contribution is -2.34. The van der Waals surface area contributed by atoms with Crippen molar-refractivity contribution in [3.05, 3.63) is 47.8 Å². The van der Waals surface area contributed by atoms with Crippen LogP contribution in [-0.4, -0.2) is 23.8 Å². The Morgan fingerprint density at radius 1 is 1.35 bits per heavy atom. The molecule has 2 N–H and O–H groups in total. The summed E-state index contributed by atoms with van der Waals surface area (Å²) in [5.74, 6) is -6.45. The summed E-state index contributed by atoms with van der Waals surface area (Å²) in [5, 5.41) is 10.8. The fourth-order valence-electron chi connectivity index (χ4n) is 1.32. The van der Waals surface area contributed by atoms with Crippen molar-refractivity contribution >= 4 is 12.1 Å². The Kier molecular flexibility index (Phi) is 5.13. The first-order chi connectivity index (χ1) is 9.36. The number of ether oxygens (including phenoxy) is 1. The minimum atomic E-state index is -1.78. The van der Waals surface area contributed by atoms with E-state index in [4.69, 9.17) is 5.11 Å². The van der Waals surface area contributed by atoms with Gasteiger partial charge >= 0.3 is 12.1 Å². The number of nitrogens with one attached hydrogen (secondary N) is 1. The maximum atomic E-state index is 13.0. The van der Waals surface area contributed by atoms with Gasteiger partial charge in [-0.05, 0) is 17.7 Å². The van der Waals surface area contributed by atoms with Gasteiger partial charge in [0.25, 0.3) is 0 Å². The van der Waals surface area contributed by atoms with Gasteiger partial charge in [0.1, 0.15) is 6.61 Å². The molecule has 0 heterocycles. The molecule has 0 aromatic heterocycles. The number of carbonyl (C=O) groups excluding carboxylic acids is 1. The zero-order valence-electron chi connectivity index (χ0n) is 10.0. The zero-order valence-corrected chi connectivity index (χ0v) is 10.0. The van der Waals surface area contributed by atoms with Crippen LogP contribution in [0.2, 0.25) is 0 Å². The fourth-order valence-corrected chi connectivity index (χ4v) is 1.32. The maximum Gasteiger partial charge on any atom is 0.408 e. The van der Waals surface area contributed by atoms with E-state index in [2.05, 4.69) is 11.3 Å². The van der Waals surface area contributed by atoms with Crippen LogP contribution in [0.15, 0.2) is 24.8 Å². The number of halogens is 3. The van der Waals surface area contributed by atoms with Crippen molar-refractivity contribution in [2.24, 2.45) is 0 Å². The lowest BCUT2D eigenvalue weighted by molar-refractivity contribution is -0.139. The Bertz CT molecular complexity index is 524. The molecule has 0 fully saturated rings. The molecular weight excluding hydrogens is 279 g/mol. The molecule has 0 aliphatic heterocycles. The Balaban J connectivity index is 3.00. The van der Waals surface area contributed by atoms with Gasteiger partial charge < -0.3 is 15.2 Å². The topological polar surface area (TPSA) is 75.6 Å². The highest BCUT2D eigenvalue weighted by Crippen LogP contribution is 2.19. The standard InChI is InChI=1S/C12H10F3NO4/c1-2-3-20-12(19)16-10(11(17)18)6-4-7(13)9(15)8(14)5-6/h2,4-5,10H,1,3H2,(H,16,19)(H,17,18). The molecule has 0 bridgehead atoms. The van der Waals surface area contributed by atoms with E-state index in [1.807, 2.05) is 5.32 Å². The van der Waals surface area contributed by atoms with Crippen molar-refractivity contribution in [2.45, 2.75) is 6.04 Å². The quantitative estimate of drug-likeness (QED) is 0.643. The van der Waals surface area contributed by atoms with Gasteiger partial charge in [0.2, 0.25) is 0 Å². The molecule has 0 saturated carbocycles. The van der Waals surface area contributed by atoms with Crippen molar-refractivity contribution in [1.82, 2.24) is 5.32 Å². The molecule has 1 aromatic carbocycles. The number of benzene rings is 1. The Labute approximate surface area is 111 Å². The third kappa shape index (κ3) is 3.74. The second kappa shape index (κ2) is 6.60. The molecule has 0 spiro atoms. The number of alkyl carbamates (subject to hydrolysis) is 1. The number of hydrogen-bond donors (Lipinski definition) is 2. The highest BCUT2D eigenvalue weighted by molar-refractivity contribution is 5.81. The number of amides is 1. The monoisotopic (exact) mass is 289 g/mol. The third-order valence-electron chi connectivity index (χ3n) is 2.18. The molecule has 20 heavy (non-hydrogen) atoms. The van der Waals surface area contributed by atoms with Crippen LogP contribution in [0.4, 0.5) is 18.0 Å². The highest BCUT2D eigenvalue weighted by Gasteiger charge is 2.25. The van der Waals surface area contributed by atoms with Crippen LogP contribution in [0, 0.1) is 17.5 Å². The second-order valence-corrected chi connectivity index (χ2v) is 3.60. The first kappa shape index (κ1) is 15.5. The number of carboxylic acid groups (broad SMARTS) is 1. The zero-order chi connectivity index (χ0) is 15.3. The third-order valence-corrected chi connectivity index (χ3v) is 2.18. The summed E-state index contributed by atoms with van der Waals surface area (Å²) in [4.78, 5) is 22.2. The first-order valence-corrected chi connectivity index (χ1v) is 5.28. The summed E-state index contributed by atoms with van der Waals surface area (Å²) < 4.78 is 43.3. The van der Waals surface area contributed by atoms with Gasteiger partial charge in [-0.3, -0.25) is 0 Å². The van der Waals surface area contributed by atoms with Gasteiger partial charge in [-0.25, -0.2) is 22.8 Å². The van der Waals surface area contributed by atoms with E-state index < -0.39 is 41.1 Å². The largest absolute Gasteiger partial charge is 0.479 e. The molecular formula is C12H10F3NO4. The van der Waals surface area contributed by atoms with Crippen LogP contribution in [0.25, 0.3) is 0 Å². The minimum Gasteiger partial charge on any atom is -0.479 e. The summed E-state index contributed by atoms with van der Waals surface area (Å²) in [6.07, 6.45) is 0.120. The number of carboxylic acids is 1. The molecule has 1 aromatic rings. The van der Waals surface area contributed by atoms with E-state index in [1.54, 1.807) is 0 Å². The molecule has 108 valence electrons. The predicted molar refractivity (Wildman–Crippen MR) is 61.4 cm³/mol. The molecule has 1 atom stereocenters. The van der Waals surface area contributed by atoms with Gasteiger partial charge in [0.15, 0.2) is 23.5 Å². The second-order valence-electron chi connectivity index (χ2n) is 3.60. The van der Waals surface area contributed by atoms with Crippen molar-refractivity contribution < 1.29 is 32.6 Å². The van der Waals surface area contributed by atoms with Crippen LogP contribution in [0.1, 0.15) is 11.6 Å². The first-order valence-electron chi connectivity index (χ1n) is 5.28. The van der Waals surface area contributed by atoms with Crippen molar-refractivity contribution in [2.75, 3.05) is 6.61 Å². The van der Waals surface area contributed by atoms with Crippen molar-refractivity contribution in [1.29, 1.82) is 0 Å². The Hall–Kier alpha value is -2.51. The highest BCUT2D eigenvalue weighted by atomic mass is 19.2. The van der Waals surface area contributed by atoms with Gasteiger partial charge in [-0.2, -0.15) is 0 Å². The van der Waals surface area contributed by atoms with Crippen LogP contribution >= 0.6 is 0 Å². The number of carbonyl (C=O) groups is 2. The summed E-state index contributed by atoms with van der Waals surface area (Å²) in [7, 11) is 0. The molecule has 0 radical (unpaired) electrons. The lowest BCUT2D eigenvalue weighted by Gasteiger charge is -2.15. The summed E-state index contributed by atoms with van der Waals surface area (Å²) in [6, 6.07) is -0.826. The molecule has 1 unspecified atom stereocenters. The molecule has 5 nitrogen and oxygen atoms in total. The minimum absolute atomic E-state index is 0.176. The predicted octanol–water partition coefficient (Wildman–Crippen LogP) is 2.14. The SMILES string of the molecule is C=CCOC(=O)NC(C(=O)O)c1cc(F)c(F)c(F)c1. The van der Waals surface area contributed by atoms with Crippen LogP contribution in [0.5, 0.6) is 0 Å². The lowest BCUT2D eigenvalue weighted by atomic mass is 10.1. The Morgan fingerprint density at radius 2 is 1.90 bits per heavy atom. The maximum absolute atomic E-state index is 13.0. The molecule has 1 rings (SSSR count). The van der Waals surface area contributed by atoms with Gasteiger partial charge in [0, 0.05) is 0 Å². The normalized spacial score (nSPS) is 11.6. The molecule has 1 amide bonds. The molecule has 0 saturated heterocycles.